The number of rotatable bonds is 0. The Morgan fingerprint density at radius 3 is 0.917 bits per heavy atom. The molecule has 1 fully saturated rings. The van der Waals surface area contributed by atoms with Crippen molar-refractivity contribution in [2.24, 2.45) is 0 Å². The quantitative estimate of drug-likeness (QED) is 0.431. The van der Waals surface area contributed by atoms with Crippen LogP contribution < -0.4 is 0 Å². The third kappa shape index (κ3) is 0.592. The van der Waals surface area contributed by atoms with E-state index in [0.717, 1.165) is 0 Å². The van der Waals surface area contributed by atoms with Crippen molar-refractivity contribution in [2.45, 2.75) is 22.9 Å². The van der Waals surface area contributed by atoms with Gasteiger partial charge in [-0.1, -0.05) is 11.6 Å². The van der Waals surface area contributed by atoms with Crippen molar-refractivity contribution in [1.82, 2.24) is 0 Å². The van der Waals surface area contributed by atoms with E-state index in [1.165, 1.54) is 0 Å². The van der Waals surface area contributed by atoms with E-state index < -0.39 is 22.9 Å². The Kier molecular flexibility index (Phi) is 1.51. The van der Waals surface area contributed by atoms with E-state index in [0.29, 0.717) is 0 Å². The highest BCUT2D eigenvalue weighted by atomic mass is 35.5. The van der Waals surface area contributed by atoms with Gasteiger partial charge < -0.3 is 0 Å². The van der Waals surface area contributed by atoms with Crippen LogP contribution in [0.2, 0.25) is 0 Å². The third-order valence-electron chi connectivity index (χ3n) is 1.58. The SMILES string of the molecule is FC1(F)C(F)(F)C(F)(Cl)C1(F)F. The molecule has 1 saturated carbocycles. The first-order valence-corrected chi connectivity index (χ1v) is 2.89. The molecule has 8 heteroatoms. The number of alkyl halides is 8. The highest BCUT2D eigenvalue weighted by molar-refractivity contribution is 6.25. The topological polar surface area (TPSA) is 0 Å². The minimum Gasteiger partial charge on any atom is -0.212 e. The fourth-order valence-corrected chi connectivity index (χ4v) is 0.964. The Bertz CT molecular complexity index is 155. The Labute approximate surface area is 66.3 Å². The second-order valence-corrected chi connectivity index (χ2v) is 2.82. The zero-order valence-electron chi connectivity index (χ0n) is 5.02. The first-order valence-electron chi connectivity index (χ1n) is 2.51. The molecular formula is C4ClF7. The molecule has 72 valence electrons. The van der Waals surface area contributed by atoms with Crippen LogP contribution in [-0.2, 0) is 0 Å². The molecule has 0 spiro atoms. The van der Waals surface area contributed by atoms with E-state index in [4.69, 9.17) is 0 Å². The molecule has 0 N–H and O–H groups in total. The summed E-state index contributed by atoms with van der Waals surface area (Å²) in [5.74, 6) is -16.8. The highest BCUT2D eigenvalue weighted by Crippen LogP contribution is 2.70. The molecule has 0 aromatic heterocycles. The van der Waals surface area contributed by atoms with Gasteiger partial charge >= 0.3 is 22.9 Å². The second-order valence-electron chi connectivity index (χ2n) is 2.30. The molecule has 0 heterocycles. The Hall–Kier alpha value is -0.200. The number of hydrogen-bond acceptors (Lipinski definition) is 0. The van der Waals surface area contributed by atoms with Crippen molar-refractivity contribution in [3.8, 4) is 0 Å². The zero-order valence-corrected chi connectivity index (χ0v) is 5.78. The lowest BCUT2D eigenvalue weighted by atomic mass is 9.81. The van der Waals surface area contributed by atoms with Crippen molar-refractivity contribution >= 4 is 11.6 Å². The summed E-state index contributed by atoms with van der Waals surface area (Å²) in [6.45, 7) is 0. The Morgan fingerprint density at radius 1 is 0.583 bits per heavy atom. The first-order chi connectivity index (χ1) is 5.00. The third-order valence-corrected chi connectivity index (χ3v) is 2.05. The van der Waals surface area contributed by atoms with Gasteiger partial charge in [0, 0.05) is 0 Å². The van der Waals surface area contributed by atoms with E-state index >= 15 is 0 Å². The number of halogens is 8. The van der Waals surface area contributed by atoms with Crippen LogP contribution in [0.3, 0.4) is 0 Å². The lowest BCUT2D eigenvalue weighted by Crippen LogP contribution is -2.82. The van der Waals surface area contributed by atoms with Crippen molar-refractivity contribution in [3.63, 3.8) is 0 Å². The van der Waals surface area contributed by atoms with Crippen LogP contribution in [0.15, 0.2) is 0 Å². The van der Waals surface area contributed by atoms with Gasteiger partial charge in [0.2, 0.25) is 0 Å². The fourth-order valence-electron chi connectivity index (χ4n) is 0.726. The van der Waals surface area contributed by atoms with Crippen LogP contribution >= 0.6 is 11.6 Å². The van der Waals surface area contributed by atoms with Gasteiger partial charge in [-0.3, -0.25) is 0 Å². The fraction of sp³-hybridized carbons (Fsp3) is 1.00. The predicted octanol–water partition coefficient (Wildman–Crippen LogP) is 2.81. The van der Waals surface area contributed by atoms with Crippen LogP contribution in [0, 0.1) is 0 Å². The predicted molar refractivity (Wildman–Crippen MR) is 24.5 cm³/mol. The zero-order chi connectivity index (χ0) is 10.0. The second kappa shape index (κ2) is 1.83. The van der Waals surface area contributed by atoms with Gasteiger partial charge in [0.25, 0.3) is 0 Å². The summed E-state index contributed by atoms with van der Waals surface area (Å²) in [4.78, 5) is 0. The molecule has 0 aromatic carbocycles. The molecule has 0 aromatic rings. The monoisotopic (exact) mass is 216 g/mol. The summed E-state index contributed by atoms with van der Waals surface area (Å²) in [6, 6.07) is 0. The van der Waals surface area contributed by atoms with Crippen LogP contribution in [-0.4, -0.2) is 22.9 Å². The Morgan fingerprint density at radius 2 is 0.833 bits per heavy atom. The summed E-state index contributed by atoms with van der Waals surface area (Å²) >= 11 is 3.93. The maximum Gasteiger partial charge on any atom is 0.381 e. The smallest absolute Gasteiger partial charge is 0.212 e. The minimum absolute atomic E-state index is 3.93. The van der Waals surface area contributed by atoms with Gasteiger partial charge in [-0.15, -0.1) is 0 Å². The van der Waals surface area contributed by atoms with E-state index in [9.17, 15) is 30.7 Å². The molecule has 0 amide bonds. The summed E-state index contributed by atoms with van der Waals surface area (Å²) in [6.07, 6.45) is 0. The van der Waals surface area contributed by atoms with Gasteiger partial charge in [-0.05, 0) is 0 Å². The van der Waals surface area contributed by atoms with Crippen molar-refractivity contribution in [2.75, 3.05) is 0 Å². The number of hydrogen-bond donors (Lipinski definition) is 0. The van der Waals surface area contributed by atoms with Gasteiger partial charge in [-0.2, -0.15) is 26.3 Å². The molecular weight excluding hydrogens is 216 g/mol. The van der Waals surface area contributed by atoms with Gasteiger partial charge in [0.15, 0.2) is 0 Å². The molecule has 0 bridgehead atoms. The summed E-state index contributed by atoms with van der Waals surface area (Å²) in [7, 11) is 0. The van der Waals surface area contributed by atoms with Gasteiger partial charge in [0.1, 0.15) is 0 Å². The molecule has 0 nitrogen and oxygen atoms in total. The molecule has 0 atom stereocenters. The van der Waals surface area contributed by atoms with Crippen molar-refractivity contribution < 1.29 is 30.7 Å². The molecule has 1 rings (SSSR count). The molecule has 12 heavy (non-hydrogen) atoms. The van der Waals surface area contributed by atoms with E-state index in [1.54, 1.807) is 0 Å². The standard InChI is InChI=1S/C4ClF7/c5-1(6)2(7,8)4(11,12)3(1,9)10. The van der Waals surface area contributed by atoms with Crippen LogP contribution in [0.5, 0.6) is 0 Å². The molecule has 0 unspecified atom stereocenters. The largest absolute Gasteiger partial charge is 0.381 e. The summed E-state index contributed by atoms with van der Waals surface area (Å²) in [5, 5.41) is -5.00. The Balaban J connectivity index is 3.16. The summed E-state index contributed by atoms with van der Waals surface area (Å²) in [5.41, 5.74) is 0. The van der Waals surface area contributed by atoms with Crippen molar-refractivity contribution in [1.29, 1.82) is 0 Å². The average molecular weight is 216 g/mol. The van der Waals surface area contributed by atoms with Gasteiger partial charge in [-0.25, -0.2) is 4.39 Å². The van der Waals surface area contributed by atoms with Gasteiger partial charge in [0.05, 0.1) is 0 Å². The van der Waals surface area contributed by atoms with Crippen LogP contribution in [0.25, 0.3) is 0 Å². The molecule has 0 saturated heterocycles. The maximum absolute atomic E-state index is 12.0. The lowest BCUT2D eigenvalue weighted by molar-refractivity contribution is -0.448. The van der Waals surface area contributed by atoms with Crippen LogP contribution in [0.4, 0.5) is 30.7 Å². The van der Waals surface area contributed by atoms with Crippen molar-refractivity contribution in [3.05, 3.63) is 0 Å². The van der Waals surface area contributed by atoms with E-state index in [2.05, 4.69) is 11.6 Å². The van der Waals surface area contributed by atoms with Crippen LogP contribution in [0.1, 0.15) is 0 Å². The molecule has 1 aliphatic carbocycles. The molecule has 0 radical (unpaired) electrons. The normalized spacial score (nSPS) is 34.0. The maximum atomic E-state index is 12.0. The lowest BCUT2D eigenvalue weighted by Gasteiger charge is -2.50. The van der Waals surface area contributed by atoms with E-state index in [-0.39, 0.29) is 0 Å². The highest BCUT2D eigenvalue weighted by Gasteiger charge is 3.00. The average Bonchev–Trinajstić information content (AvgIpc) is 1.84. The van der Waals surface area contributed by atoms with E-state index in [1.807, 2.05) is 0 Å². The minimum atomic E-state index is -5.73. The summed E-state index contributed by atoms with van der Waals surface area (Å²) < 4.78 is 83.0. The molecule has 1 aliphatic rings. The molecule has 0 aliphatic heterocycles. The first kappa shape index (κ1) is 9.88.